The highest BCUT2D eigenvalue weighted by atomic mass is 16.6. The molecule has 2 saturated carbocycles. The molecule has 2 heterocycles. The summed E-state index contributed by atoms with van der Waals surface area (Å²) in [5, 5.41) is 0. The van der Waals surface area contributed by atoms with Crippen molar-refractivity contribution in [2.45, 2.75) is 123 Å². The molecule has 3 amide bonds. The Morgan fingerprint density at radius 2 is 1.67 bits per heavy atom. The van der Waals surface area contributed by atoms with E-state index in [1.165, 1.54) is 43.9 Å². The van der Waals surface area contributed by atoms with Gasteiger partial charge in [0.25, 0.3) is 5.91 Å². The van der Waals surface area contributed by atoms with Crippen LogP contribution in [-0.2, 0) is 28.6 Å². The van der Waals surface area contributed by atoms with Gasteiger partial charge in [0.1, 0.15) is 17.1 Å². The summed E-state index contributed by atoms with van der Waals surface area (Å²) < 4.78 is 22.0. The van der Waals surface area contributed by atoms with Gasteiger partial charge in [0, 0.05) is 64.7 Å². The number of carbonyl (C=O) groups excluding carboxylic acids is 4. The van der Waals surface area contributed by atoms with Crippen LogP contribution in [0.3, 0.4) is 0 Å². The van der Waals surface area contributed by atoms with E-state index in [-0.39, 0.29) is 36.7 Å². The summed E-state index contributed by atoms with van der Waals surface area (Å²) in [4.78, 5) is 57.8. The molecular formula is C40H63N3O8. The van der Waals surface area contributed by atoms with E-state index in [4.69, 9.17) is 18.9 Å². The highest BCUT2D eigenvalue weighted by Crippen LogP contribution is 2.43. The van der Waals surface area contributed by atoms with Crippen LogP contribution in [0.1, 0.15) is 106 Å². The van der Waals surface area contributed by atoms with Crippen molar-refractivity contribution >= 4 is 35.1 Å². The maximum atomic E-state index is 14.1. The summed E-state index contributed by atoms with van der Waals surface area (Å²) in [5.74, 6) is 0.982. The van der Waals surface area contributed by atoms with Crippen LogP contribution in [0.15, 0.2) is 18.2 Å². The van der Waals surface area contributed by atoms with E-state index in [1.54, 1.807) is 58.6 Å². The molecule has 3 unspecified atom stereocenters. The van der Waals surface area contributed by atoms with E-state index in [0.29, 0.717) is 43.1 Å². The van der Waals surface area contributed by atoms with Gasteiger partial charge in [0.05, 0.1) is 11.6 Å². The predicted octanol–water partition coefficient (Wildman–Crippen LogP) is 7.03. The monoisotopic (exact) mass is 713 g/mol. The molecule has 3 fully saturated rings. The maximum Gasteiger partial charge on any atom is 0.410 e. The van der Waals surface area contributed by atoms with Crippen molar-refractivity contribution in [3.05, 3.63) is 18.2 Å². The highest BCUT2D eigenvalue weighted by Gasteiger charge is 2.44. The standard InChI is InChI=1S/C30H43N3O7.C10H20O/c1-19(34)20-15-21(18-31(17-20)28(37)40-29(2,3)4)26(35)33(22-9-10-22)23-11-12-25-24(16-23)32(13-8-14-38-7)27(36)30(5,6)39-25;1-9(8-11-2)10-6-4-3-5-7-10/h11-12,16,20-22H,8-10,13-15,17-18H2,1-7H3;9-10H,3-8H2,1-2H3. The maximum absolute atomic E-state index is 14.1. The summed E-state index contributed by atoms with van der Waals surface area (Å²) in [6.07, 6.45) is 9.45. The Kier molecular flexibility index (Phi) is 14.0. The van der Waals surface area contributed by atoms with Gasteiger partial charge in [-0.25, -0.2) is 4.79 Å². The molecule has 0 spiro atoms. The average molecular weight is 714 g/mol. The van der Waals surface area contributed by atoms with E-state index in [0.717, 1.165) is 31.3 Å². The predicted molar refractivity (Wildman–Crippen MR) is 198 cm³/mol. The first kappa shape index (κ1) is 40.6. The largest absolute Gasteiger partial charge is 0.476 e. The summed E-state index contributed by atoms with van der Waals surface area (Å²) in [7, 11) is 3.43. The van der Waals surface area contributed by atoms with E-state index in [2.05, 4.69) is 6.92 Å². The molecule has 5 rings (SSSR count). The molecule has 0 aromatic heterocycles. The first-order valence-electron chi connectivity index (χ1n) is 19.0. The van der Waals surface area contributed by atoms with Crippen molar-refractivity contribution in [2.75, 3.05) is 56.9 Å². The van der Waals surface area contributed by atoms with Crippen LogP contribution in [0, 0.1) is 23.7 Å². The van der Waals surface area contributed by atoms with Crippen LogP contribution in [-0.4, -0.2) is 92.9 Å². The van der Waals surface area contributed by atoms with Crippen LogP contribution in [0.2, 0.25) is 0 Å². The van der Waals surface area contributed by atoms with Gasteiger partial charge in [-0.2, -0.15) is 0 Å². The Hall–Kier alpha value is -3.18. The average Bonchev–Trinajstić information content (AvgIpc) is 3.92. The smallest absolute Gasteiger partial charge is 0.410 e. The summed E-state index contributed by atoms with van der Waals surface area (Å²) in [6, 6.07) is 5.54. The molecular weight excluding hydrogens is 650 g/mol. The minimum absolute atomic E-state index is 0.0248. The van der Waals surface area contributed by atoms with Crippen LogP contribution in [0.4, 0.5) is 16.2 Å². The Morgan fingerprint density at radius 3 is 2.25 bits per heavy atom. The number of piperidine rings is 1. The molecule has 3 atom stereocenters. The van der Waals surface area contributed by atoms with Gasteiger partial charge in [0.2, 0.25) is 5.91 Å². The van der Waals surface area contributed by atoms with Gasteiger partial charge >= 0.3 is 6.09 Å². The molecule has 1 aromatic rings. The molecule has 0 N–H and O–H groups in total. The number of ketones is 1. The molecule has 1 aromatic carbocycles. The molecule has 11 heteroatoms. The highest BCUT2D eigenvalue weighted by molar-refractivity contribution is 6.04. The van der Waals surface area contributed by atoms with Gasteiger partial charge in [-0.05, 0) is 97.3 Å². The number of anilines is 2. The topological polar surface area (TPSA) is 115 Å². The van der Waals surface area contributed by atoms with Crippen molar-refractivity contribution < 1.29 is 38.1 Å². The Balaban J connectivity index is 0.000000452. The minimum Gasteiger partial charge on any atom is -0.476 e. The lowest BCUT2D eigenvalue weighted by Gasteiger charge is -2.40. The zero-order chi connectivity index (χ0) is 37.5. The Morgan fingerprint density at radius 1 is 1.00 bits per heavy atom. The number of hydrogen-bond acceptors (Lipinski definition) is 8. The fourth-order valence-corrected chi connectivity index (χ4v) is 7.49. The van der Waals surface area contributed by atoms with Crippen molar-refractivity contribution in [3.63, 3.8) is 0 Å². The van der Waals surface area contributed by atoms with Gasteiger partial charge in [-0.15, -0.1) is 0 Å². The fourth-order valence-electron chi connectivity index (χ4n) is 7.49. The number of fused-ring (bicyclic) bond motifs is 1. The summed E-state index contributed by atoms with van der Waals surface area (Å²) in [5.41, 5.74) is -0.404. The number of carbonyl (C=O) groups is 4. The molecule has 0 radical (unpaired) electrons. The number of likely N-dealkylation sites (tertiary alicyclic amines) is 1. The van der Waals surface area contributed by atoms with Gasteiger partial charge in [-0.3, -0.25) is 14.4 Å². The summed E-state index contributed by atoms with van der Waals surface area (Å²) in [6.45, 7) is 15.0. The number of methoxy groups -OCH3 is 2. The Bertz CT molecular complexity index is 1360. The number of hydrogen-bond donors (Lipinski definition) is 0. The first-order chi connectivity index (χ1) is 24.1. The van der Waals surface area contributed by atoms with Gasteiger partial charge in [-0.1, -0.05) is 39.0 Å². The zero-order valence-corrected chi connectivity index (χ0v) is 32.6. The second-order valence-corrected chi connectivity index (χ2v) is 16.5. The van der Waals surface area contributed by atoms with Crippen molar-refractivity contribution in [2.24, 2.45) is 23.7 Å². The number of benzene rings is 1. The lowest BCUT2D eigenvalue weighted by Crippen LogP contribution is -2.53. The molecule has 51 heavy (non-hydrogen) atoms. The van der Waals surface area contributed by atoms with Crippen molar-refractivity contribution in [3.8, 4) is 5.75 Å². The molecule has 1 saturated heterocycles. The number of ether oxygens (including phenoxy) is 4. The minimum atomic E-state index is -1.01. The second kappa shape index (κ2) is 17.6. The zero-order valence-electron chi connectivity index (χ0n) is 32.6. The molecule has 2 aliphatic heterocycles. The lowest BCUT2D eigenvalue weighted by molar-refractivity contribution is -0.132. The number of amides is 3. The van der Waals surface area contributed by atoms with E-state index < -0.39 is 29.1 Å². The van der Waals surface area contributed by atoms with E-state index in [9.17, 15) is 19.2 Å². The second-order valence-electron chi connectivity index (χ2n) is 16.5. The third-order valence-corrected chi connectivity index (χ3v) is 10.4. The third kappa shape index (κ3) is 10.9. The molecule has 11 nitrogen and oxygen atoms in total. The molecule has 4 aliphatic rings. The fraction of sp³-hybridized carbons (Fsp3) is 0.750. The number of rotatable bonds is 11. The third-order valence-electron chi connectivity index (χ3n) is 10.4. The SMILES string of the molecule is COCC(C)C1CCCCC1.COCCCN1C(=O)C(C)(C)Oc2ccc(N(C(=O)C3CC(C(C)=O)CN(C(=O)OC(C)(C)C)C3)C3CC3)cc21. The summed E-state index contributed by atoms with van der Waals surface area (Å²) >= 11 is 0. The Labute approximate surface area is 305 Å². The quantitative estimate of drug-likeness (QED) is 0.225. The van der Waals surface area contributed by atoms with Crippen molar-refractivity contribution in [1.82, 2.24) is 4.90 Å². The van der Waals surface area contributed by atoms with Gasteiger partial charge in [0.15, 0.2) is 5.60 Å². The number of Topliss-reactive ketones (excluding diaryl/α,β-unsaturated/α-hetero) is 1. The normalized spacial score (nSPS) is 22.6. The van der Waals surface area contributed by atoms with Crippen LogP contribution >= 0.6 is 0 Å². The van der Waals surface area contributed by atoms with Crippen LogP contribution < -0.4 is 14.5 Å². The number of nitrogens with zero attached hydrogens (tertiary/aromatic N) is 3. The first-order valence-corrected chi connectivity index (χ1v) is 19.0. The molecule has 0 bridgehead atoms. The van der Waals surface area contributed by atoms with E-state index >= 15 is 0 Å². The van der Waals surface area contributed by atoms with Crippen molar-refractivity contribution in [1.29, 1.82) is 0 Å². The van der Waals surface area contributed by atoms with Crippen LogP contribution in [0.5, 0.6) is 5.75 Å². The van der Waals surface area contributed by atoms with E-state index in [1.807, 2.05) is 18.2 Å². The lowest BCUT2D eigenvalue weighted by atomic mass is 9.81. The van der Waals surface area contributed by atoms with Crippen LogP contribution in [0.25, 0.3) is 0 Å². The molecule has 286 valence electrons. The molecule has 2 aliphatic carbocycles. The van der Waals surface area contributed by atoms with Gasteiger partial charge < -0.3 is 33.6 Å².